The van der Waals surface area contributed by atoms with Crippen molar-refractivity contribution < 1.29 is 39.8 Å². The van der Waals surface area contributed by atoms with Gasteiger partial charge in [0.1, 0.15) is 42.5 Å². The van der Waals surface area contributed by atoms with Crippen LogP contribution in [0.25, 0.3) is 10.9 Å². The van der Waals surface area contributed by atoms with Crippen LogP contribution in [-0.2, 0) is 11.4 Å². The molecule has 4 rings (SSSR count). The molecule has 4 aromatic rings. The molecule has 15 heteroatoms. The highest BCUT2D eigenvalue weighted by Crippen LogP contribution is 2.37. The summed E-state index contributed by atoms with van der Waals surface area (Å²) < 4.78 is 11.7. The lowest BCUT2D eigenvalue weighted by Crippen LogP contribution is -2.51. The summed E-state index contributed by atoms with van der Waals surface area (Å²) in [6.45, 7) is 1.71. The third-order valence-corrected chi connectivity index (χ3v) is 7.93. The lowest BCUT2D eigenvalue weighted by molar-refractivity contribution is -0.116. The number of aromatic nitrogens is 1. The molecule has 0 aliphatic heterocycles. The Kier molecular flexibility index (Phi) is 14.5. The second-order valence-corrected chi connectivity index (χ2v) is 11.8. The van der Waals surface area contributed by atoms with Crippen molar-refractivity contribution in [3.05, 3.63) is 95.2 Å². The van der Waals surface area contributed by atoms with Gasteiger partial charge < -0.3 is 45.6 Å². The maximum atomic E-state index is 13.0. The quantitative estimate of drug-likeness (QED) is 0.0550. The number of nitrogens with one attached hydrogen (secondary N) is 3. The van der Waals surface area contributed by atoms with Crippen LogP contribution in [0.4, 0.5) is 17.1 Å². The number of benzene rings is 3. The molecule has 0 unspecified atom stereocenters. The number of amides is 1. The van der Waals surface area contributed by atoms with Crippen LogP contribution in [-0.4, -0.2) is 99.2 Å². The van der Waals surface area contributed by atoms with Crippen LogP contribution in [0.2, 0.25) is 5.02 Å². The monoisotopic (exact) mass is 720 g/mol. The molecule has 0 bridgehead atoms. The van der Waals surface area contributed by atoms with Crippen molar-refractivity contribution in [3.8, 4) is 17.6 Å². The van der Waals surface area contributed by atoms with Gasteiger partial charge in [0.15, 0.2) is 0 Å². The molecule has 0 saturated heterocycles. The van der Waals surface area contributed by atoms with Crippen LogP contribution in [0.5, 0.6) is 11.5 Å². The SMILES string of the molecule is CCOc1cc2ncc(C#N)c(Nc3ccc(OCc4ccccc4)c(Cl)c3)c2cc1NC(=O)/C=C/CN(C)NC[C@H](O)[C@@H](O)[C@H](O)[C@H](O)CO. The molecule has 3 aromatic carbocycles. The zero-order valence-corrected chi connectivity index (χ0v) is 28.8. The zero-order valence-electron chi connectivity index (χ0n) is 28.0. The molecule has 1 heterocycles. The number of carbonyl (C=O) groups excluding carboxylic acids is 1. The number of hydrogen-bond acceptors (Lipinski definition) is 13. The van der Waals surface area contributed by atoms with Gasteiger partial charge in [-0.1, -0.05) is 48.0 Å². The number of hydrogen-bond donors (Lipinski definition) is 8. The normalized spacial score (nSPS) is 13.8. The number of nitriles is 1. The zero-order chi connectivity index (χ0) is 36.9. The summed E-state index contributed by atoms with van der Waals surface area (Å²) in [5.41, 5.74) is 5.97. The molecule has 0 aliphatic rings. The first-order chi connectivity index (χ1) is 24.5. The Morgan fingerprint density at radius 2 is 1.78 bits per heavy atom. The number of nitrogens with zero attached hydrogens (tertiary/aromatic N) is 3. The van der Waals surface area contributed by atoms with Crippen LogP contribution in [0.1, 0.15) is 18.1 Å². The van der Waals surface area contributed by atoms with E-state index >= 15 is 0 Å². The summed E-state index contributed by atoms with van der Waals surface area (Å²) in [4.78, 5) is 17.4. The Labute approximate surface area is 300 Å². The Morgan fingerprint density at radius 1 is 1.04 bits per heavy atom. The highest BCUT2D eigenvalue weighted by Gasteiger charge is 2.30. The molecule has 0 spiro atoms. The van der Waals surface area contributed by atoms with E-state index in [0.717, 1.165) is 5.56 Å². The molecule has 4 atom stereocenters. The number of carbonyl (C=O) groups is 1. The minimum atomic E-state index is -1.73. The summed E-state index contributed by atoms with van der Waals surface area (Å²) in [6, 6.07) is 20.4. The molecule has 14 nitrogen and oxygen atoms in total. The van der Waals surface area contributed by atoms with Gasteiger partial charge >= 0.3 is 0 Å². The number of anilines is 3. The van der Waals surface area contributed by atoms with Crippen molar-refractivity contribution in [3.63, 3.8) is 0 Å². The smallest absolute Gasteiger partial charge is 0.248 e. The molecule has 0 aliphatic carbocycles. The largest absolute Gasteiger partial charge is 0.492 e. The van der Waals surface area contributed by atoms with Crippen LogP contribution in [0.3, 0.4) is 0 Å². The number of fused-ring (bicyclic) bond motifs is 1. The standard InChI is InChI=1S/C36H41ClN6O8/c1-3-50-32-16-27-25(15-28(32)42-33(47)10-7-13-43(2)40-19-29(45)35(48)36(49)30(46)20-44)34(23(17-38)18-39-27)41-24-11-12-31(26(37)14-24)51-21-22-8-5-4-6-9-22/h4-12,14-16,18,29-30,35-36,40,44-46,48-49H,3,13,19-21H2,1-2H3,(H,39,41)(H,42,47)/b10-7+/t29-,30+,35+,36+/m0/s1. The first kappa shape index (κ1) is 39.0. The summed E-state index contributed by atoms with van der Waals surface area (Å²) in [6.07, 6.45) is -2.18. The van der Waals surface area contributed by atoms with Gasteiger partial charge in [-0.3, -0.25) is 15.2 Å². The van der Waals surface area contributed by atoms with E-state index in [9.17, 15) is 30.5 Å². The van der Waals surface area contributed by atoms with Crippen molar-refractivity contribution in [1.82, 2.24) is 15.4 Å². The number of ether oxygens (including phenoxy) is 2. The lowest BCUT2D eigenvalue weighted by atomic mass is 10.0. The number of rotatable bonds is 18. The van der Waals surface area contributed by atoms with Gasteiger partial charge in [0.05, 0.1) is 46.8 Å². The number of halogens is 1. The van der Waals surface area contributed by atoms with Gasteiger partial charge in [-0.15, -0.1) is 0 Å². The van der Waals surface area contributed by atoms with E-state index in [0.29, 0.717) is 57.7 Å². The number of aliphatic hydroxyl groups is 5. The first-order valence-corrected chi connectivity index (χ1v) is 16.4. The number of pyridine rings is 1. The van der Waals surface area contributed by atoms with Crippen molar-refractivity contribution in [2.75, 3.05) is 44.0 Å². The van der Waals surface area contributed by atoms with E-state index in [1.807, 2.05) is 30.3 Å². The Balaban J connectivity index is 1.46. The van der Waals surface area contributed by atoms with Crippen molar-refractivity contribution in [2.45, 2.75) is 37.9 Å². The predicted molar refractivity (Wildman–Crippen MR) is 193 cm³/mol. The minimum Gasteiger partial charge on any atom is -0.492 e. The van der Waals surface area contributed by atoms with E-state index in [2.05, 4.69) is 27.1 Å². The average Bonchev–Trinajstić information content (AvgIpc) is 3.13. The molecule has 8 N–H and O–H groups in total. The first-order valence-electron chi connectivity index (χ1n) is 16.0. The summed E-state index contributed by atoms with van der Waals surface area (Å²) in [5.74, 6) is 0.397. The fourth-order valence-electron chi connectivity index (χ4n) is 4.88. The van der Waals surface area contributed by atoms with Crippen molar-refractivity contribution in [2.24, 2.45) is 0 Å². The van der Waals surface area contributed by atoms with Gasteiger partial charge in [-0.25, -0.2) is 5.01 Å². The molecular weight excluding hydrogens is 680 g/mol. The maximum Gasteiger partial charge on any atom is 0.248 e. The Hall–Kier alpha value is -4.82. The summed E-state index contributed by atoms with van der Waals surface area (Å²) in [5, 5.41) is 66.7. The summed E-state index contributed by atoms with van der Waals surface area (Å²) in [7, 11) is 1.63. The second-order valence-electron chi connectivity index (χ2n) is 11.4. The molecule has 1 amide bonds. The van der Waals surface area contributed by atoms with E-state index in [4.69, 9.17) is 26.2 Å². The fraction of sp³-hybridized carbons (Fsp3) is 0.306. The lowest BCUT2D eigenvalue weighted by Gasteiger charge is -2.27. The third-order valence-electron chi connectivity index (χ3n) is 7.63. The molecule has 1 aromatic heterocycles. The van der Waals surface area contributed by atoms with Crippen molar-refractivity contribution in [1.29, 1.82) is 5.26 Å². The Bertz CT molecular complexity index is 1840. The maximum absolute atomic E-state index is 13.0. The Morgan fingerprint density at radius 3 is 2.47 bits per heavy atom. The van der Waals surface area contributed by atoms with Crippen LogP contribution >= 0.6 is 11.6 Å². The van der Waals surface area contributed by atoms with E-state index in [1.165, 1.54) is 17.3 Å². The van der Waals surface area contributed by atoms with Crippen molar-refractivity contribution >= 4 is 45.5 Å². The van der Waals surface area contributed by atoms with Gasteiger partial charge in [-0.2, -0.15) is 5.26 Å². The highest BCUT2D eigenvalue weighted by atomic mass is 35.5. The fourth-order valence-corrected chi connectivity index (χ4v) is 5.11. The molecule has 0 radical (unpaired) electrons. The van der Waals surface area contributed by atoms with Gasteiger partial charge in [0, 0.05) is 49.6 Å². The highest BCUT2D eigenvalue weighted by molar-refractivity contribution is 6.32. The van der Waals surface area contributed by atoms with Gasteiger partial charge in [0.2, 0.25) is 5.91 Å². The average molecular weight is 721 g/mol. The second kappa shape index (κ2) is 19.0. The number of hydrazine groups is 1. The van der Waals surface area contributed by atoms with Crippen LogP contribution < -0.4 is 25.5 Å². The van der Waals surface area contributed by atoms with Crippen LogP contribution in [0.15, 0.2) is 79.0 Å². The predicted octanol–water partition coefficient (Wildman–Crippen LogP) is 2.85. The molecule has 270 valence electrons. The van der Waals surface area contributed by atoms with E-state index in [1.54, 1.807) is 50.4 Å². The number of likely N-dealkylation sites (N-methyl/N-ethyl adjacent to an activating group) is 1. The molecule has 0 fully saturated rings. The number of aliphatic hydroxyl groups excluding tert-OH is 5. The van der Waals surface area contributed by atoms with Crippen LogP contribution in [0, 0.1) is 11.3 Å². The minimum absolute atomic E-state index is 0.185. The molecule has 51 heavy (non-hydrogen) atoms. The van der Waals surface area contributed by atoms with E-state index < -0.39 is 36.9 Å². The van der Waals surface area contributed by atoms with Gasteiger partial charge in [-0.05, 0) is 36.8 Å². The van der Waals surface area contributed by atoms with E-state index in [-0.39, 0.29) is 18.7 Å². The van der Waals surface area contributed by atoms with Gasteiger partial charge in [0.25, 0.3) is 0 Å². The topological polar surface area (TPSA) is 213 Å². The third kappa shape index (κ3) is 10.8. The molecular formula is C36H41ClN6O8. The molecule has 0 saturated carbocycles. The summed E-state index contributed by atoms with van der Waals surface area (Å²) >= 11 is 6.56.